The fourth-order valence-electron chi connectivity index (χ4n) is 0.285. The van der Waals surface area contributed by atoms with E-state index in [0.29, 0.717) is 20.9 Å². The van der Waals surface area contributed by atoms with Crippen LogP contribution in [0.4, 0.5) is 0 Å². The number of nitriles is 2. The number of hydrogen-bond donors (Lipinski definition) is 0. The molecule has 0 atom stereocenters. The van der Waals surface area contributed by atoms with Gasteiger partial charge in [0.05, 0.1) is 7.11 Å². The molecule has 3 nitrogen and oxygen atoms in total. The molecule has 0 spiro atoms. The molecule has 0 unspecified atom stereocenters. The fourth-order valence-corrected chi connectivity index (χ4v) is 0.508. The molecule has 0 bridgehead atoms. The predicted molar refractivity (Wildman–Crippen MR) is 33.8 cm³/mol. The van der Waals surface area contributed by atoms with E-state index in [0.717, 1.165) is 0 Å². The first-order valence-electron chi connectivity index (χ1n) is 2.31. The molecule has 0 aliphatic rings. The van der Waals surface area contributed by atoms with Gasteiger partial charge in [-0.1, -0.05) is 0 Å². The van der Waals surface area contributed by atoms with Crippen molar-refractivity contribution in [3.8, 4) is 12.1 Å². The van der Waals surface area contributed by atoms with Crippen molar-refractivity contribution in [1.29, 1.82) is 10.5 Å². The molecule has 9 heavy (non-hydrogen) atoms. The van der Waals surface area contributed by atoms with Crippen LogP contribution in [0.2, 0.25) is 0 Å². The fraction of sp³-hybridized carbons (Fsp3) is 0.200. The Morgan fingerprint density at radius 1 is 1.44 bits per heavy atom. The van der Waals surface area contributed by atoms with E-state index in [4.69, 9.17) is 15.3 Å². The number of hydrogen-bond acceptors (Lipinski definition) is 3. The first kappa shape index (κ1) is 8.05. The predicted octanol–water partition coefficient (Wildman–Crippen LogP) is -0.475. The van der Waals surface area contributed by atoms with Crippen LogP contribution in [-0.2, 0) is 4.74 Å². The van der Waals surface area contributed by atoms with E-state index in [-0.39, 0.29) is 5.57 Å². The minimum Gasteiger partial charge on any atom is -0.519 e. The van der Waals surface area contributed by atoms with Gasteiger partial charge in [-0.05, 0) is 0 Å². The molecule has 0 saturated heterocycles. The van der Waals surface area contributed by atoms with E-state index in [1.165, 1.54) is 7.11 Å². The highest BCUT2D eigenvalue weighted by atomic mass is 27.0. The van der Waals surface area contributed by atoms with Crippen LogP contribution in [-0.4, -0.2) is 23.4 Å². The SMILES string of the molecule is CO[C]([AlH2])=C(C#N)C#N. The van der Waals surface area contributed by atoms with Crippen LogP contribution in [0.15, 0.2) is 10.2 Å². The van der Waals surface area contributed by atoms with Gasteiger partial charge in [0, 0.05) is 4.62 Å². The Labute approximate surface area is 61.6 Å². The van der Waals surface area contributed by atoms with E-state index in [9.17, 15) is 0 Å². The van der Waals surface area contributed by atoms with E-state index >= 15 is 0 Å². The summed E-state index contributed by atoms with van der Waals surface area (Å²) in [5.74, 6) is 0. The largest absolute Gasteiger partial charge is 0.519 e. The molecule has 0 heterocycles. The molecule has 0 aromatic heterocycles. The van der Waals surface area contributed by atoms with Gasteiger partial charge in [-0.2, -0.15) is 10.5 Å². The van der Waals surface area contributed by atoms with Gasteiger partial charge in [0.1, 0.15) is 17.7 Å². The lowest BCUT2D eigenvalue weighted by atomic mass is 10.4. The second-order valence-corrected chi connectivity index (χ2v) is 2.27. The van der Waals surface area contributed by atoms with E-state index < -0.39 is 0 Å². The molecule has 0 saturated carbocycles. The second kappa shape index (κ2) is 3.98. The Kier molecular flexibility index (Phi) is 3.56. The Morgan fingerprint density at radius 2 is 1.89 bits per heavy atom. The lowest BCUT2D eigenvalue weighted by Crippen LogP contribution is -1.89. The Morgan fingerprint density at radius 3 is 2.00 bits per heavy atom. The van der Waals surface area contributed by atoms with Crippen molar-refractivity contribution >= 4 is 16.3 Å². The normalized spacial score (nSPS) is 6.56. The lowest BCUT2D eigenvalue weighted by Gasteiger charge is -1.95. The molecule has 0 aromatic rings. The smallest absolute Gasteiger partial charge is 0.321 e. The summed E-state index contributed by atoms with van der Waals surface area (Å²) in [6.07, 6.45) is 0. The zero-order valence-corrected chi connectivity index (χ0v) is 7.30. The third-order valence-corrected chi connectivity index (χ3v) is 1.79. The minimum atomic E-state index is 0.0872. The lowest BCUT2D eigenvalue weighted by molar-refractivity contribution is 0.320. The molecule has 0 rings (SSSR count). The summed E-state index contributed by atoms with van der Waals surface area (Å²) in [6, 6.07) is 3.46. The van der Waals surface area contributed by atoms with Crippen LogP contribution in [0.25, 0.3) is 0 Å². The number of methoxy groups -OCH3 is 1. The van der Waals surface area contributed by atoms with Gasteiger partial charge in [-0.25, -0.2) is 0 Å². The molecule has 0 aliphatic carbocycles. The van der Waals surface area contributed by atoms with Crippen molar-refractivity contribution in [2.45, 2.75) is 0 Å². The van der Waals surface area contributed by atoms with Crippen LogP contribution >= 0.6 is 0 Å². The maximum Gasteiger partial charge on any atom is 0.321 e. The van der Waals surface area contributed by atoms with Gasteiger partial charge in [-0.15, -0.1) is 0 Å². The highest BCUT2D eigenvalue weighted by Crippen LogP contribution is 1.96. The number of rotatable bonds is 1. The van der Waals surface area contributed by atoms with Crippen molar-refractivity contribution in [2.75, 3.05) is 7.11 Å². The maximum absolute atomic E-state index is 8.24. The van der Waals surface area contributed by atoms with Gasteiger partial charge in [0.2, 0.25) is 0 Å². The van der Waals surface area contributed by atoms with Crippen molar-refractivity contribution in [2.24, 2.45) is 0 Å². The summed E-state index contributed by atoms with van der Waals surface area (Å²) < 4.78 is 5.19. The molecular weight excluding hydrogens is 131 g/mol. The molecule has 4 heteroatoms. The van der Waals surface area contributed by atoms with Crippen LogP contribution in [0.5, 0.6) is 0 Å². The van der Waals surface area contributed by atoms with Crippen LogP contribution in [0.3, 0.4) is 0 Å². The highest BCUT2D eigenvalue weighted by molar-refractivity contribution is 6.21. The summed E-state index contributed by atoms with van der Waals surface area (Å²) in [5, 5.41) is 16.5. The highest BCUT2D eigenvalue weighted by Gasteiger charge is 1.96. The summed E-state index contributed by atoms with van der Waals surface area (Å²) in [5.41, 5.74) is 0.0872. The van der Waals surface area contributed by atoms with Gasteiger partial charge in [-0.3, -0.25) is 0 Å². The Balaban J connectivity index is 4.49. The monoisotopic (exact) mass is 136 g/mol. The molecule has 0 aromatic carbocycles. The summed E-state index contributed by atoms with van der Waals surface area (Å²) >= 11 is 0.605. The third-order valence-electron chi connectivity index (χ3n) is 0.882. The maximum atomic E-state index is 8.24. The Hall–Kier alpha value is -0.948. The topological polar surface area (TPSA) is 56.8 Å². The van der Waals surface area contributed by atoms with Crippen LogP contribution < -0.4 is 0 Å². The standard InChI is InChI=1S/C5H3N2O.Al.2H/c1-8-4-5(2-6)3-7;;;/h1H3;;;. The minimum absolute atomic E-state index is 0.0872. The van der Waals surface area contributed by atoms with E-state index in [1.54, 1.807) is 12.1 Å². The average Bonchev–Trinajstić information content (AvgIpc) is 1.90. The third kappa shape index (κ3) is 2.20. The zero-order chi connectivity index (χ0) is 7.28. The van der Waals surface area contributed by atoms with Crippen LogP contribution in [0.1, 0.15) is 0 Å². The van der Waals surface area contributed by atoms with Crippen molar-refractivity contribution in [3.63, 3.8) is 0 Å². The van der Waals surface area contributed by atoms with Gasteiger partial charge in [0.15, 0.2) is 0 Å². The molecule has 0 radical (unpaired) electrons. The number of allylic oxidation sites excluding steroid dienone is 1. The van der Waals surface area contributed by atoms with Crippen LogP contribution in [0, 0.1) is 22.7 Å². The first-order chi connectivity index (χ1) is 4.26. The van der Waals surface area contributed by atoms with Gasteiger partial charge in [0.25, 0.3) is 0 Å². The van der Waals surface area contributed by atoms with Crippen molar-refractivity contribution in [3.05, 3.63) is 10.2 Å². The second-order valence-electron chi connectivity index (χ2n) is 1.36. The zero-order valence-electron chi connectivity index (χ0n) is 5.30. The molecule has 0 fully saturated rings. The molecule has 44 valence electrons. The number of nitrogens with zero attached hydrogens (tertiary/aromatic N) is 2. The Bertz CT molecular complexity index is 192. The van der Waals surface area contributed by atoms with Crippen molar-refractivity contribution < 1.29 is 4.74 Å². The summed E-state index contributed by atoms with van der Waals surface area (Å²) in [4.78, 5) is 0. The van der Waals surface area contributed by atoms with Crippen molar-refractivity contribution in [1.82, 2.24) is 0 Å². The average molecular weight is 136 g/mol. The van der Waals surface area contributed by atoms with E-state index in [1.807, 2.05) is 0 Å². The molecule has 0 N–H and O–H groups in total. The summed E-state index contributed by atoms with van der Waals surface area (Å²) in [6.45, 7) is 0. The van der Waals surface area contributed by atoms with E-state index in [2.05, 4.69) is 0 Å². The van der Waals surface area contributed by atoms with Gasteiger partial charge < -0.3 is 4.74 Å². The number of ether oxygens (including phenoxy) is 1. The quantitative estimate of drug-likeness (QED) is 0.278. The molecule has 0 aliphatic heterocycles. The molecular formula is C5H5AlN2O. The van der Waals surface area contributed by atoms with Gasteiger partial charge >= 0.3 is 16.3 Å². The molecule has 0 amide bonds. The first-order valence-corrected chi connectivity index (χ1v) is 3.31. The summed E-state index contributed by atoms with van der Waals surface area (Å²) in [7, 11) is 1.46.